The van der Waals surface area contributed by atoms with E-state index in [0.29, 0.717) is 13.0 Å². The molecule has 148 valence electrons. The van der Waals surface area contributed by atoms with Gasteiger partial charge < -0.3 is 10.6 Å². The summed E-state index contributed by atoms with van der Waals surface area (Å²) in [6, 6.07) is 11.6. The first-order valence-corrected chi connectivity index (χ1v) is 8.67. The molecule has 0 atom stereocenters. The highest BCUT2D eigenvalue weighted by molar-refractivity contribution is 6.04. The lowest BCUT2D eigenvalue weighted by molar-refractivity contribution is 0.0954. The summed E-state index contributed by atoms with van der Waals surface area (Å²) in [6.07, 6.45) is 1.82. The molecule has 2 aromatic carbocycles. The van der Waals surface area contributed by atoms with Gasteiger partial charge >= 0.3 is 0 Å². The van der Waals surface area contributed by atoms with Crippen molar-refractivity contribution in [3.63, 3.8) is 0 Å². The first-order chi connectivity index (χ1) is 13.9. The topological polar surface area (TPSA) is 71.1 Å². The molecule has 3 rings (SSSR count). The Kier molecular flexibility index (Phi) is 6.23. The van der Waals surface area contributed by atoms with Gasteiger partial charge in [-0.3, -0.25) is 14.6 Å². The molecule has 5 nitrogen and oxygen atoms in total. The highest BCUT2D eigenvalue weighted by Gasteiger charge is 2.13. The number of halogens is 3. The van der Waals surface area contributed by atoms with Gasteiger partial charge in [0.05, 0.1) is 0 Å². The quantitative estimate of drug-likeness (QED) is 0.664. The molecule has 1 aromatic heterocycles. The summed E-state index contributed by atoms with van der Waals surface area (Å²) in [6.45, 7) is 0.323. The summed E-state index contributed by atoms with van der Waals surface area (Å²) >= 11 is 0. The van der Waals surface area contributed by atoms with Crippen molar-refractivity contribution in [2.24, 2.45) is 0 Å². The van der Waals surface area contributed by atoms with Gasteiger partial charge in [-0.25, -0.2) is 13.2 Å². The summed E-state index contributed by atoms with van der Waals surface area (Å²) < 4.78 is 39.1. The molecular weight excluding hydrogens is 383 g/mol. The number of hydrogen-bond donors (Lipinski definition) is 2. The third-order valence-electron chi connectivity index (χ3n) is 4.04. The lowest BCUT2D eigenvalue weighted by Crippen LogP contribution is -2.26. The average molecular weight is 399 g/mol. The second-order valence-corrected chi connectivity index (χ2v) is 6.15. The Hall–Kier alpha value is -3.68. The van der Waals surface area contributed by atoms with Crippen LogP contribution in [-0.4, -0.2) is 23.3 Å². The van der Waals surface area contributed by atoms with E-state index in [1.165, 1.54) is 36.5 Å². The van der Waals surface area contributed by atoms with Gasteiger partial charge in [-0.15, -0.1) is 0 Å². The molecule has 0 bridgehead atoms. The fraction of sp³-hybridized carbons (Fsp3) is 0.0952. The maximum Gasteiger partial charge on any atom is 0.274 e. The van der Waals surface area contributed by atoms with Crippen LogP contribution in [0.2, 0.25) is 0 Å². The third kappa shape index (κ3) is 5.41. The minimum absolute atomic E-state index is 0.0547. The van der Waals surface area contributed by atoms with Crippen LogP contribution in [0.4, 0.5) is 18.9 Å². The zero-order valence-corrected chi connectivity index (χ0v) is 15.1. The summed E-state index contributed by atoms with van der Waals surface area (Å²) in [5.41, 5.74) is 1.09. The van der Waals surface area contributed by atoms with E-state index < -0.39 is 23.4 Å². The van der Waals surface area contributed by atoms with Gasteiger partial charge in [-0.05, 0) is 48.4 Å². The fourth-order valence-electron chi connectivity index (χ4n) is 2.54. The fourth-order valence-corrected chi connectivity index (χ4v) is 2.54. The molecule has 1 heterocycles. The molecular formula is C21H16F3N3O2. The van der Waals surface area contributed by atoms with Crippen molar-refractivity contribution in [2.75, 3.05) is 11.9 Å². The van der Waals surface area contributed by atoms with Crippen LogP contribution in [0.1, 0.15) is 26.4 Å². The molecule has 0 spiro atoms. The van der Waals surface area contributed by atoms with E-state index in [9.17, 15) is 22.8 Å². The lowest BCUT2D eigenvalue weighted by Gasteiger charge is -2.08. The first-order valence-electron chi connectivity index (χ1n) is 8.67. The SMILES string of the molecule is O=C(NCCc1ccc(F)cc1)c1ccnc(C(=O)Nc2ccc(F)c(F)c2)c1. The smallest absolute Gasteiger partial charge is 0.274 e. The number of anilines is 1. The van der Waals surface area contributed by atoms with Crippen LogP contribution >= 0.6 is 0 Å². The molecule has 0 fully saturated rings. The summed E-state index contributed by atoms with van der Waals surface area (Å²) in [5, 5.41) is 5.10. The standard InChI is InChI=1S/C21H16F3N3O2/c22-15-3-1-13(2-4-15)7-9-26-20(28)14-8-10-25-19(11-14)21(29)27-16-5-6-17(23)18(24)12-16/h1-6,8,10-12H,7,9H2,(H,26,28)(H,27,29). The van der Waals surface area contributed by atoms with Crippen molar-refractivity contribution in [3.05, 3.63) is 95.1 Å². The van der Waals surface area contributed by atoms with Gasteiger partial charge in [0.1, 0.15) is 11.5 Å². The molecule has 29 heavy (non-hydrogen) atoms. The minimum atomic E-state index is -1.09. The van der Waals surface area contributed by atoms with Crippen molar-refractivity contribution >= 4 is 17.5 Å². The number of carbonyl (C=O) groups is 2. The lowest BCUT2D eigenvalue weighted by atomic mass is 10.1. The van der Waals surface area contributed by atoms with Gasteiger partial charge in [0.25, 0.3) is 11.8 Å². The monoisotopic (exact) mass is 399 g/mol. The zero-order valence-electron chi connectivity index (χ0n) is 15.1. The molecule has 0 aliphatic heterocycles. The number of aromatic nitrogens is 1. The van der Waals surface area contributed by atoms with Gasteiger partial charge in [-0.2, -0.15) is 0 Å². The predicted molar refractivity (Wildman–Crippen MR) is 101 cm³/mol. The van der Waals surface area contributed by atoms with Crippen LogP contribution in [-0.2, 0) is 6.42 Å². The van der Waals surface area contributed by atoms with Crippen LogP contribution in [0.25, 0.3) is 0 Å². The van der Waals surface area contributed by atoms with Crippen LogP contribution in [0.3, 0.4) is 0 Å². The van der Waals surface area contributed by atoms with Crippen molar-refractivity contribution in [1.29, 1.82) is 0 Å². The maximum atomic E-state index is 13.2. The number of pyridine rings is 1. The zero-order chi connectivity index (χ0) is 20.8. The number of carbonyl (C=O) groups excluding carboxylic acids is 2. The molecule has 8 heteroatoms. The Morgan fingerprint density at radius 2 is 1.62 bits per heavy atom. The largest absolute Gasteiger partial charge is 0.352 e. The van der Waals surface area contributed by atoms with E-state index in [-0.39, 0.29) is 22.8 Å². The average Bonchev–Trinajstić information content (AvgIpc) is 2.72. The van der Waals surface area contributed by atoms with E-state index in [2.05, 4.69) is 15.6 Å². The van der Waals surface area contributed by atoms with Gasteiger partial charge in [0, 0.05) is 30.1 Å². The second kappa shape index (κ2) is 9.01. The molecule has 0 aliphatic carbocycles. The third-order valence-corrected chi connectivity index (χ3v) is 4.04. The maximum absolute atomic E-state index is 13.2. The van der Waals surface area contributed by atoms with Gasteiger partial charge in [0.2, 0.25) is 0 Å². The molecule has 0 unspecified atom stereocenters. The Morgan fingerprint density at radius 3 is 2.34 bits per heavy atom. The Labute approximate surface area is 164 Å². The summed E-state index contributed by atoms with van der Waals surface area (Å²) in [5.74, 6) is -3.53. The number of nitrogens with one attached hydrogen (secondary N) is 2. The number of rotatable bonds is 6. The van der Waals surface area contributed by atoms with Crippen LogP contribution in [0.15, 0.2) is 60.8 Å². The van der Waals surface area contributed by atoms with Crippen molar-refractivity contribution < 1.29 is 22.8 Å². The number of benzene rings is 2. The normalized spacial score (nSPS) is 10.4. The van der Waals surface area contributed by atoms with Crippen molar-refractivity contribution in [2.45, 2.75) is 6.42 Å². The van der Waals surface area contributed by atoms with E-state index in [0.717, 1.165) is 17.7 Å². The highest BCUT2D eigenvalue weighted by Crippen LogP contribution is 2.14. The van der Waals surface area contributed by atoms with Crippen LogP contribution in [0.5, 0.6) is 0 Å². The van der Waals surface area contributed by atoms with E-state index in [1.54, 1.807) is 12.1 Å². The molecule has 0 saturated carbocycles. The minimum Gasteiger partial charge on any atom is -0.352 e. The van der Waals surface area contributed by atoms with Gasteiger partial charge in [0.15, 0.2) is 11.6 Å². The summed E-state index contributed by atoms with van der Waals surface area (Å²) in [7, 11) is 0. The Bertz CT molecular complexity index is 1040. The van der Waals surface area contributed by atoms with Crippen molar-refractivity contribution in [1.82, 2.24) is 10.3 Å². The number of nitrogens with zero attached hydrogens (tertiary/aromatic N) is 1. The first kappa shape index (κ1) is 20.1. The van der Waals surface area contributed by atoms with Crippen molar-refractivity contribution in [3.8, 4) is 0 Å². The molecule has 3 aromatic rings. The predicted octanol–water partition coefficient (Wildman–Crippen LogP) is 3.72. The molecule has 2 N–H and O–H groups in total. The number of amides is 2. The van der Waals surface area contributed by atoms with E-state index >= 15 is 0 Å². The highest BCUT2D eigenvalue weighted by atomic mass is 19.2. The number of hydrogen-bond acceptors (Lipinski definition) is 3. The Balaban J connectivity index is 1.60. The molecule has 0 radical (unpaired) electrons. The van der Waals surface area contributed by atoms with Gasteiger partial charge in [-0.1, -0.05) is 12.1 Å². The van der Waals surface area contributed by atoms with E-state index in [1.807, 2.05) is 0 Å². The van der Waals surface area contributed by atoms with E-state index in [4.69, 9.17) is 0 Å². The molecule has 0 aliphatic rings. The summed E-state index contributed by atoms with van der Waals surface area (Å²) in [4.78, 5) is 28.4. The van der Waals surface area contributed by atoms with Crippen LogP contribution < -0.4 is 10.6 Å². The second-order valence-electron chi connectivity index (χ2n) is 6.15. The molecule has 2 amide bonds. The molecule has 0 saturated heterocycles. The Morgan fingerprint density at radius 1 is 0.862 bits per heavy atom. The van der Waals surface area contributed by atoms with Crippen LogP contribution in [0, 0.1) is 17.5 Å².